The van der Waals surface area contributed by atoms with Crippen LogP contribution < -0.4 is 5.32 Å². The van der Waals surface area contributed by atoms with E-state index >= 15 is 0 Å². The minimum Gasteiger partial charge on any atom is -0.479 e. The predicted molar refractivity (Wildman–Crippen MR) is 77.8 cm³/mol. The number of carbonyl (C=O) groups excluding carboxylic acids is 1. The molecule has 1 fully saturated rings. The lowest BCUT2D eigenvalue weighted by atomic mass is 9.90. The van der Waals surface area contributed by atoms with Gasteiger partial charge in [0.15, 0.2) is 6.04 Å². The lowest BCUT2D eigenvalue weighted by molar-refractivity contribution is -0.153. The highest BCUT2D eigenvalue weighted by Crippen LogP contribution is 2.31. The van der Waals surface area contributed by atoms with Gasteiger partial charge in [0.05, 0.1) is 5.92 Å². The van der Waals surface area contributed by atoms with Crippen molar-refractivity contribution in [1.82, 2.24) is 10.2 Å². The summed E-state index contributed by atoms with van der Waals surface area (Å²) in [6.45, 7) is 2.08. The molecule has 2 aliphatic rings. The largest absolute Gasteiger partial charge is 0.479 e. The third-order valence-electron chi connectivity index (χ3n) is 4.45. The highest BCUT2D eigenvalue weighted by Gasteiger charge is 2.38. The summed E-state index contributed by atoms with van der Waals surface area (Å²) in [7, 11) is 0. The Kier molecular flexibility index (Phi) is 3.92. The first-order valence-electron chi connectivity index (χ1n) is 7.50. The van der Waals surface area contributed by atoms with Crippen molar-refractivity contribution in [2.45, 2.75) is 25.3 Å². The molecule has 0 aromatic heterocycles. The van der Waals surface area contributed by atoms with E-state index < -0.39 is 12.0 Å². The number of aliphatic carboxylic acids is 1. The fraction of sp³-hybridized carbons (Fsp3) is 0.500. The molecule has 5 heteroatoms. The number of hydrogen-bond donors (Lipinski definition) is 2. The highest BCUT2D eigenvalue weighted by atomic mass is 16.4. The Labute approximate surface area is 123 Å². The molecule has 2 heterocycles. The van der Waals surface area contributed by atoms with Crippen LogP contribution in [-0.4, -0.2) is 41.5 Å². The van der Waals surface area contributed by atoms with Crippen LogP contribution in [0.2, 0.25) is 0 Å². The Morgan fingerprint density at radius 2 is 2.10 bits per heavy atom. The zero-order valence-corrected chi connectivity index (χ0v) is 11.9. The topological polar surface area (TPSA) is 69.6 Å². The molecule has 3 rings (SSSR count). The molecule has 1 amide bonds. The molecule has 1 aromatic carbocycles. The SMILES string of the molecule is O=C(O)C1c2ccccc2CCN1C(=O)[C@H]1CCCNC1. The summed E-state index contributed by atoms with van der Waals surface area (Å²) in [5.41, 5.74) is 1.80. The number of amides is 1. The van der Waals surface area contributed by atoms with Crippen LogP contribution in [0, 0.1) is 5.92 Å². The summed E-state index contributed by atoms with van der Waals surface area (Å²) in [4.78, 5) is 26.0. The summed E-state index contributed by atoms with van der Waals surface area (Å²) in [5.74, 6) is -1.06. The minimum atomic E-state index is -0.945. The van der Waals surface area contributed by atoms with Crippen LogP contribution in [0.1, 0.15) is 30.0 Å². The molecule has 1 aromatic rings. The van der Waals surface area contributed by atoms with Crippen LogP contribution in [0.3, 0.4) is 0 Å². The first kappa shape index (κ1) is 14.1. The second-order valence-electron chi connectivity index (χ2n) is 5.76. The van der Waals surface area contributed by atoms with E-state index in [2.05, 4.69) is 5.32 Å². The second kappa shape index (κ2) is 5.85. The van der Waals surface area contributed by atoms with E-state index in [4.69, 9.17) is 0 Å². The van der Waals surface area contributed by atoms with E-state index in [9.17, 15) is 14.7 Å². The quantitative estimate of drug-likeness (QED) is 0.858. The fourth-order valence-corrected chi connectivity index (χ4v) is 3.37. The van der Waals surface area contributed by atoms with Crippen molar-refractivity contribution in [3.8, 4) is 0 Å². The van der Waals surface area contributed by atoms with Crippen molar-refractivity contribution < 1.29 is 14.7 Å². The Morgan fingerprint density at radius 3 is 2.81 bits per heavy atom. The molecule has 0 saturated carbocycles. The molecule has 0 spiro atoms. The van der Waals surface area contributed by atoms with Crippen LogP contribution in [-0.2, 0) is 16.0 Å². The van der Waals surface area contributed by atoms with Gasteiger partial charge in [0.1, 0.15) is 0 Å². The maximum absolute atomic E-state index is 12.7. The number of carboxylic acid groups (broad SMARTS) is 1. The maximum Gasteiger partial charge on any atom is 0.331 e. The Hall–Kier alpha value is -1.88. The van der Waals surface area contributed by atoms with E-state index in [1.807, 2.05) is 24.3 Å². The number of benzene rings is 1. The Morgan fingerprint density at radius 1 is 1.29 bits per heavy atom. The van der Waals surface area contributed by atoms with Gasteiger partial charge >= 0.3 is 5.97 Å². The summed E-state index contributed by atoms with van der Waals surface area (Å²) < 4.78 is 0. The lowest BCUT2D eigenvalue weighted by Gasteiger charge is -2.37. The molecule has 0 aliphatic carbocycles. The summed E-state index contributed by atoms with van der Waals surface area (Å²) in [6.07, 6.45) is 2.54. The molecular weight excluding hydrogens is 268 g/mol. The Balaban J connectivity index is 1.88. The van der Waals surface area contributed by atoms with Crippen LogP contribution in [0.25, 0.3) is 0 Å². The van der Waals surface area contributed by atoms with Crippen molar-refractivity contribution >= 4 is 11.9 Å². The number of fused-ring (bicyclic) bond motifs is 1. The maximum atomic E-state index is 12.7. The molecule has 2 atom stereocenters. The lowest BCUT2D eigenvalue weighted by Crippen LogP contribution is -2.49. The zero-order chi connectivity index (χ0) is 14.8. The first-order valence-corrected chi connectivity index (χ1v) is 7.50. The first-order chi connectivity index (χ1) is 10.2. The molecule has 2 N–H and O–H groups in total. The van der Waals surface area contributed by atoms with Crippen molar-refractivity contribution in [1.29, 1.82) is 0 Å². The van der Waals surface area contributed by atoms with Gasteiger partial charge in [-0.2, -0.15) is 0 Å². The molecule has 0 radical (unpaired) electrons. The van der Waals surface area contributed by atoms with Gasteiger partial charge in [-0.1, -0.05) is 24.3 Å². The molecule has 2 aliphatic heterocycles. The monoisotopic (exact) mass is 288 g/mol. The molecule has 1 saturated heterocycles. The van der Waals surface area contributed by atoms with E-state index in [1.54, 1.807) is 4.90 Å². The van der Waals surface area contributed by atoms with Gasteiger partial charge in [-0.25, -0.2) is 4.79 Å². The normalized spacial score (nSPS) is 25.2. The van der Waals surface area contributed by atoms with Crippen molar-refractivity contribution in [3.63, 3.8) is 0 Å². The number of hydrogen-bond acceptors (Lipinski definition) is 3. The molecule has 0 bridgehead atoms. The van der Waals surface area contributed by atoms with Crippen LogP contribution in [0.4, 0.5) is 0 Å². The molecule has 21 heavy (non-hydrogen) atoms. The minimum absolute atomic E-state index is 0.0240. The van der Waals surface area contributed by atoms with Crippen LogP contribution in [0.5, 0.6) is 0 Å². The third-order valence-corrected chi connectivity index (χ3v) is 4.45. The highest BCUT2D eigenvalue weighted by molar-refractivity contribution is 5.87. The van der Waals surface area contributed by atoms with E-state index in [1.165, 1.54) is 0 Å². The van der Waals surface area contributed by atoms with E-state index in [0.29, 0.717) is 13.1 Å². The van der Waals surface area contributed by atoms with E-state index in [0.717, 1.165) is 36.9 Å². The van der Waals surface area contributed by atoms with Gasteiger partial charge in [-0.3, -0.25) is 4.79 Å². The standard InChI is InChI=1S/C16H20N2O3/c19-15(12-5-3-8-17-10-12)18-9-7-11-4-1-2-6-13(11)14(18)16(20)21/h1-2,4,6,12,14,17H,3,5,7-10H2,(H,20,21)/t12-,14?/m0/s1. The van der Waals surface area contributed by atoms with Crippen molar-refractivity contribution in [2.24, 2.45) is 5.92 Å². The van der Waals surface area contributed by atoms with Crippen molar-refractivity contribution in [3.05, 3.63) is 35.4 Å². The van der Waals surface area contributed by atoms with Gasteiger partial charge in [0.25, 0.3) is 0 Å². The van der Waals surface area contributed by atoms with Gasteiger partial charge in [-0.05, 0) is 36.9 Å². The van der Waals surface area contributed by atoms with E-state index in [-0.39, 0.29) is 11.8 Å². The van der Waals surface area contributed by atoms with Gasteiger partial charge in [0, 0.05) is 13.1 Å². The predicted octanol–water partition coefficient (Wildman–Crippen LogP) is 1.20. The summed E-state index contributed by atoms with van der Waals surface area (Å²) >= 11 is 0. The molecule has 1 unspecified atom stereocenters. The molecule has 112 valence electrons. The number of nitrogens with one attached hydrogen (secondary N) is 1. The fourth-order valence-electron chi connectivity index (χ4n) is 3.37. The van der Waals surface area contributed by atoms with Crippen LogP contribution in [0.15, 0.2) is 24.3 Å². The third kappa shape index (κ3) is 2.65. The number of nitrogens with zero attached hydrogens (tertiary/aromatic N) is 1. The van der Waals surface area contributed by atoms with Gasteiger partial charge in [-0.15, -0.1) is 0 Å². The number of rotatable bonds is 2. The van der Waals surface area contributed by atoms with Gasteiger partial charge < -0.3 is 15.3 Å². The second-order valence-corrected chi connectivity index (χ2v) is 5.76. The zero-order valence-electron chi connectivity index (χ0n) is 11.9. The number of piperidine rings is 1. The van der Waals surface area contributed by atoms with Crippen LogP contribution >= 0.6 is 0 Å². The molecule has 5 nitrogen and oxygen atoms in total. The number of carbonyl (C=O) groups is 2. The van der Waals surface area contributed by atoms with Gasteiger partial charge in [0.2, 0.25) is 5.91 Å². The Bertz CT molecular complexity index is 552. The average Bonchev–Trinajstić information content (AvgIpc) is 2.53. The number of carboxylic acids is 1. The summed E-state index contributed by atoms with van der Waals surface area (Å²) in [6, 6.07) is 6.69. The summed E-state index contributed by atoms with van der Waals surface area (Å²) in [5, 5.41) is 12.8. The average molecular weight is 288 g/mol. The van der Waals surface area contributed by atoms with Crippen molar-refractivity contribution in [2.75, 3.05) is 19.6 Å². The molecular formula is C16H20N2O3. The smallest absolute Gasteiger partial charge is 0.331 e.